The van der Waals surface area contributed by atoms with E-state index in [4.69, 9.17) is 0 Å². The molecule has 3 rings (SSSR count). The fourth-order valence-electron chi connectivity index (χ4n) is 3.14. The van der Waals surface area contributed by atoms with E-state index >= 15 is 0 Å². The van der Waals surface area contributed by atoms with Crippen LogP contribution in [-0.4, -0.2) is 62.9 Å². The molecule has 130 valence electrons. The summed E-state index contributed by atoms with van der Waals surface area (Å²) in [5.74, 6) is 0.319. The number of nitriles is 1. The van der Waals surface area contributed by atoms with E-state index in [1.807, 2.05) is 29.2 Å². The predicted molar refractivity (Wildman–Crippen MR) is 93.1 cm³/mol. The zero-order valence-electron chi connectivity index (χ0n) is 14.5. The summed E-state index contributed by atoms with van der Waals surface area (Å²) in [5.41, 5.74) is 1.53. The van der Waals surface area contributed by atoms with Gasteiger partial charge < -0.3 is 4.90 Å². The van der Waals surface area contributed by atoms with Crippen LogP contribution < -0.4 is 0 Å². The van der Waals surface area contributed by atoms with Crippen molar-refractivity contribution in [3.8, 4) is 11.8 Å². The minimum Gasteiger partial charge on any atom is -0.336 e. The minimum absolute atomic E-state index is 0.0304. The normalized spacial score (nSPS) is 16.6. The maximum absolute atomic E-state index is 12.7. The second kappa shape index (κ2) is 7.45. The summed E-state index contributed by atoms with van der Waals surface area (Å²) in [6, 6.07) is 9.65. The van der Waals surface area contributed by atoms with E-state index in [2.05, 4.69) is 35.1 Å². The zero-order valence-corrected chi connectivity index (χ0v) is 14.5. The standard InChI is InChI=1S/C18H22N6O/c1-14(2)17(13-19)22-9-11-23(12-10-22)18(25)15-3-5-16(6-4-15)24-8-7-20-21-24/h3-8,14,17H,9-12H2,1-2H3/t17-/m1/s1. The first-order valence-corrected chi connectivity index (χ1v) is 8.50. The number of carbonyl (C=O) groups is 1. The molecule has 0 saturated carbocycles. The third-order valence-corrected chi connectivity index (χ3v) is 4.56. The summed E-state index contributed by atoms with van der Waals surface area (Å²) in [4.78, 5) is 16.7. The van der Waals surface area contributed by atoms with Gasteiger partial charge in [-0.05, 0) is 30.2 Å². The van der Waals surface area contributed by atoms with Crippen molar-refractivity contribution < 1.29 is 4.79 Å². The Morgan fingerprint density at radius 2 is 1.84 bits per heavy atom. The lowest BCUT2D eigenvalue weighted by molar-refractivity contribution is 0.0577. The topological polar surface area (TPSA) is 78.0 Å². The molecule has 1 atom stereocenters. The molecule has 25 heavy (non-hydrogen) atoms. The molecule has 0 unspecified atom stereocenters. The van der Waals surface area contributed by atoms with Crippen molar-refractivity contribution in [1.29, 1.82) is 5.26 Å². The number of carbonyl (C=O) groups excluding carboxylic acids is 1. The van der Waals surface area contributed by atoms with E-state index in [1.165, 1.54) is 0 Å². The molecule has 0 bridgehead atoms. The van der Waals surface area contributed by atoms with Gasteiger partial charge in [0, 0.05) is 31.7 Å². The Kier molecular flexibility index (Phi) is 5.10. The first-order valence-electron chi connectivity index (χ1n) is 8.50. The highest BCUT2D eigenvalue weighted by molar-refractivity contribution is 5.94. The van der Waals surface area contributed by atoms with E-state index in [1.54, 1.807) is 17.1 Å². The van der Waals surface area contributed by atoms with Gasteiger partial charge in [0.1, 0.15) is 6.04 Å². The highest BCUT2D eigenvalue weighted by Gasteiger charge is 2.28. The van der Waals surface area contributed by atoms with Gasteiger partial charge in [0.25, 0.3) is 5.91 Å². The van der Waals surface area contributed by atoms with Crippen LogP contribution in [0.1, 0.15) is 24.2 Å². The Balaban J connectivity index is 1.62. The lowest BCUT2D eigenvalue weighted by Crippen LogP contribution is -2.52. The van der Waals surface area contributed by atoms with Gasteiger partial charge in [-0.1, -0.05) is 19.1 Å². The van der Waals surface area contributed by atoms with Gasteiger partial charge in [-0.2, -0.15) is 5.26 Å². The van der Waals surface area contributed by atoms with Crippen LogP contribution in [0.25, 0.3) is 5.69 Å². The Morgan fingerprint density at radius 1 is 1.16 bits per heavy atom. The van der Waals surface area contributed by atoms with Gasteiger partial charge in [-0.15, -0.1) is 5.10 Å². The van der Waals surface area contributed by atoms with Crippen LogP contribution in [0.2, 0.25) is 0 Å². The number of hydrogen-bond acceptors (Lipinski definition) is 5. The van der Waals surface area contributed by atoms with E-state index in [0.29, 0.717) is 18.7 Å². The molecule has 0 spiro atoms. The first kappa shape index (κ1) is 17.1. The van der Waals surface area contributed by atoms with Crippen LogP contribution in [0.5, 0.6) is 0 Å². The SMILES string of the molecule is CC(C)[C@@H](C#N)N1CCN(C(=O)c2ccc(-n3ccnn3)cc2)CC1. The average molecular weight is 338 g/mol. The molecule has 7 nitrogen and oxygen atoms in total. The highest BCUT2D eigenvalue weighted by Crippen LogP contribution is 2.16. The van der Waals surface area contributed by atoms with E-state index in [0.717, 1.165) is 18.8 Å². The molecule has 0 N–H and O–H groups in total. The molecule has 0 radical (unpaired) electrons. The third kappa shape index (κ3) is 3.69. The number of benzene rings is 1. The average Bonchev–Trinajstić information content (AvgIpc) is 3.17. The summed E-state index contributed by atoms with van der Waals surface area (Å²) in [7, 11) is 0. The van der Waals surface area contributed by atoms with Crippen molar-refractivity contribution in [1.82, 2.24) is 24.8 Å². The van der Waals surface area contributed by atoms with E-state index in [-0.39, 0.29) is 17.9 Å². The maximum Gasteiger partial charge on any atom is 0.253 e. The van der Waals surface area contributed by atoms with Crippen LogP contribution in [-0.2, 0) is 0 Å². The van der Waals surface area contributed by atoms with Gasteiger partial charge in [0.15, 0.2) is 0 Å². The second-order valence-electron chi connectivity index (χ2n) is 6.54. The van der Waals surface area contributed by atoms with Crippen LogP contribution in [0, 0.1) is 17.2 Å². The molecule has 1 aliphatic heterocycles. The predicted octanol–water partition coefficient (Wildman–Crippen LogP) is 1.57. The lowest BCUT2D eigenvalue weighted by Gasteiger charge is -2.38. The molecule has 0 aliphatic carbocycles. The summed E-state index contributed by atoms with van der Waals surface area (Å²) < 4.78 is 1.65. The van der Waals surface area contributed by atoms with Crippen LogP contribution >= 0.6 is 0 Å². The molecule has 1 saturated heterocycles. The molecular weight excluding hydrogens is 316 g/mol. The highest BCUT2D eigenvalue weighted by atomic mass is 16.2. The Bertz CT molecular complexity index is 739. The van der Waals surface area contributed by atoms with Crippen molar-refractivity contribution in [2.24, 2.45) is 5.92 Å². The number of hydrogen-bond donors (Lipinski definition) is 0. The van der Waals surface area contributed by atoms with Gasteiger partial charge in [-0.25, -0.2) is 4.68 Å². The van der Waals surface area contributed by atoms with Crippen molar-refractivity contribution in [3.63, 3.8) is 0 Å². The Morgan fingerprint density at radius 3 is 2.36 bits per heavy atom. The fraction of sp³-hybridized carbons (Fsp3) is 0.444. The van der Waals surface area contributed by atoms with Crippen LogP contribution in [0.4, 0.5) is 0 Å². The minimum atomic E-state index is -0.0841. The number of amides is 1. The summed E-state index contributed by atoms with van der Waals surface area (Å²) in [5, 5.41) is 17.0. The number of piperazine rings is 1. The summed E-state index contributed by atoms with van der Waals surface area (Å²) >= 11 is 0. The molecule has 1 aromatic heterocycles. The first-order chi connectivity index (χ1) is 12.1. The largest absolute Gasteiger partial charge is 0.336 e. The van der Waals surface area contributed by atoms with Crippen molar-refractivity contribution >= 4 is 5.91 Å². The lowest BCUT2D eigenvalue weighted by atomic mass is 10.0. The second-order valence-corrected chi connectivity index (χ2v) is 6.54. The monoisotopic (exact) mass is 338 g/mol. The molecule has 7 heteroatoms. The quantitative estimate of drug-likeness (QED) is 0.846. The van der Waals surface area contributed by atoms with E-state index < -0.39 is 0 Å². The van der Waals surface area contributed by atoms with E-state index in [9.17, 15) is 10.1 Å². The van der Waals surface area contributed by atoms with Gasteiger partial charge >= 0.3 is 0 Å². The third-order valence-electron chi connectivity index (χ3n) is 4.56. The van der Waals surface area contributed by atoms with Gasteiger partial charge in [-0.3, -0.25) is 9.69 Å². The number of aromatic nitrogens is 3. The van der Waals surface area contributed by atoms with Gasteiger partial charge in [0.05, 0.1) is 24.2 Å². The maximum atomic E-state index is 12.7. The van der Waals surface area contributed by atoms with Crippen molar-refractivity contribution in [3.05, 3.63) is 42.2 Å². The Labute approximate surface area is 147 Å². The smallest absolute Gasteiger partial charge is 0.253 e. The van der Waals surface area contributed by atoms with Gasteiger partial charge in [0.2, 0.25) is 0 Å². The van der Waals surface area contributed by atoms with Crippen LogP contribution in [0.3, 0.4) is 0 Å². The number of rotatable bonds is 4. The molecule has 1 aliphatic rings. The van der Waals surface area contributed by atoms with Crippen molar-refractivity contribution in [2.75, 3.05) is 26.2 Å². The molecular formula is C18H22N6O. The van der Waals surface area contributed by atoms with Crippen LogP contribution in [0.15, 0.2) is 36.7 Å². The molecule has 2 aromatic rings. The molecule has 2 heterocycles. The summed E-state index contributed by atoms with van der Waals surface area (Å²) in [6.07, 6.45) is 3.38. The fourth-order valence-corrected chi connectivity index (χ4v) is 3.14. The summed E-state index contributed by atoms with van der Waals surface area (Å²) in [6.45, 7) is 6.88. The zero-order chi connectivity index (χ0) is 17.8. The Hall–Kier alpha value is -2.72. The molecule has 1 aromatic carbocycles. The number of nitrogens with zero attached hydrogens (tertiary/aromatic N) is 6. The molecule has 1 fully saturated rings. The molecule has 1 amide bonds. The van der Waals surface area contributed by atoms with Crippen molar-refractivity contribution in [2.45, 2.75) is 19.9 Å².